The van der Waals surface area contributed by atoms with E-state index in [1.807, 2.05) is 24.3 Å². The summed E-state index contributed by atoms with van der Waals surface area (Å²) < 4.78 is 11.1. The van der Waals surface area contributed by atoms with E-state index < -0.39 is 0 Å². The van der Waals surface area contributed by atoms with Crippen LogP contribution in [0.3, 0.4) is 0 Å². The van der Waals surface area contributed by atoms with Crippen molar-refractivity contribution in [1.29, 1.82) is 0 Å². The molecule has 0 aromatic heterocycles. The maximum atomic E-state index is 12.4. The van der Waals surface area contributed by atoms with Crippen LogP contribution in [-0.4, -0.2) is 43.3 Å². The highest BCUT2D eigenvalue weighted by Gasteiger charge is 2.34. The van der Waals surface area contributed by atoms with Crippen LogP contribution in [0.15, 0.2) is 48.5 Å². The summed E-state index contributed by atoms with van der Waals surface area (Å²) >= 11 is 0. The number of carbonyl (C=O) groups excluding carboxylic acids is 1. The first-order valence-electron chi connectivity index (χ1n) is 8.64. The average Bonchev–Trinajstić information content (AvgIpc) is 3.00. The summed E-state index contributed by atoms with van der Waals surface area (Å²) in [6, 6.07) is 16.1. The topological polar surface area (TPSA) is 50.8 Å². The van der Waals surface area contributed by atoms with Crippen LogP contribution in [0.5, 0.6) is 11.5 Å². The molecule has 2 aliphatic rings. The van der Waals surface area contributed by atoms with Gasteiger partial charge in [-0.05, 0) is 36.1 Å². The Morgan fingerprint density at radius 1 is 1.04 bits per heavy atom. The lowest BCUT2D eigenvalue weighted by Gasteiger charge is -2.39. The van der Waals surface area contributed by atoms with Gasteiger partial charge >= 0.3 is 6.03 Å². The summed E-state index contributed by atoms with van der Waals surface area (Å²) in [6.07, 6.45) is 1.87. The summed E-state index contributed by atoms with van der Waals surface area (Å²) in [5, 5.41) is 3.14. The number of hydrogen-bond donors (Lipinski definition) is 1. The van der Waals surface area contributed by atoms with E-state index >= 15 is 0 Å². The van der Waals surface area contributed by atoms with Crippen molar-refractivity contribution in [2.75, 3.05) is 20.2 Å². The SMILES string of the molecule is COc1cccc(OC2CN(C(=O)NC3Cc4ccccc4C3)C2)c1. The molecule has 1 saturated heterocycles. The molecule has 2 aromatic carbocycles. The van der Waals surface area contributed by atoms with Gasteiger partial charge in [-0.15, -0.1) is 0 Å². The molecule has 5 heteroatoms. The molecular formula is C20H22N2O3. The van der Waals surface area contributed by atoms with Crippen LogP contribution in [0.25, 0.3) is 0 Å². The number of urea groups is 1. The van der Waals surface area contributed by atoms with Gasteiger partial charge in [-0.25, -0.2) is 4.79 Å². The van der Waals surface area contributed by atoms with Gasteiger partial charge in [-0.2, -0.15) is 0 Å². The zero-order valence-electron chi connectivity index (χ0n) is 14.3. The van der Waals surface area contributed by atoms with E-state index in [0.717, 1.165) is 24.3 Å². The van der Waals surface area contributed by atoms with Crippen molar-refractivity contribution in [3.05, 3.63) is 59.7 Å². The zero-order chi connectivity index (χ0) is 17.2. The maximum Gasteiger partial charge on any atom is 0.317 e. The number of hydrogen-bond acceptors (Lipinski definition) is 3. The van der Waals surface area contributed by atoms with Crippen LogP contribution in [0.4, 0.5) is 4.79 Å². The molecule has 1 heterocycles. The Kier molecular flexibility index (Phi) is 4.22. The number of rotatable bonds is 4. The van der Waals surface area contributed by atoms with Gasteiger partial charge in [0.15, 0.2) is 0 Å². The van der Waals surface area contributed by atoms with Gasteiger partial charge in [-0.1, -0.05) is 30.3 Å². The molecule has 0 atom stereocenters. The van der Waals surface area contributed by atoms with E-state index in [9.17, 15) is 4.79 Å². The Morgan fingerprint density at radius 3 is 2.40 bits per heavy atom. The number of nitrogens with zero attached hydrogens (tertiary/aromatic N) is 1. The summed E-state index contributed by atoms with van der Waals surface area (Å²) in [6.45, 7) is 1.23. The molecule has 130 valence electrons. The number of amides is 2. The molecule has 0 unspecified atom stereocenters. The Labute approximate surface area is 147 Å². The number of nitrogens with one attached hydrogen (secondary N) is 1. The van der Waals surface area contributed by atoms with E-state index in [4.69, 9.17) is 9.47 Å². The van der Waals surface area contributed by atoms with E-state index in [-0.39, 0.29) is 18.2 Å². The third-order valence-electron chi connectivity index (χ3n) is 4.86. The van der Waals surface area contributed by atoms with Crippen LogP contribution < -0.4 is 14.8 Å². The van der Waals surface area contributed by atoms with Crippen LogP contribution >= 0.6 is 0 Å². The lowest BCUT2D eigenvalue weighted by Crippen LogP contribution is -2.60. The van der Waals surface area contributed by atoms with Gasteiger partial charge in [0.05, 0.1) is 20.2 Å². The fourth-order valence-electron chi connectivity index (χ4n) is 3.47. The fourth-order valence-corrected chi connectivity index (χ4v) is 3.47. The Balaban J connectivity index is 1.24. The predicted octanol–water partition coefficient (Wildman–Crippen LogP) is 2.64. The molecule has 2 aromatic rings. The van der Waals surface area contributed by atoms with Crippen molar-refractivity contribution in [3.8, 4) is 11.5 Å². The first kappa shape index (κ1) is 15.8. The molecule has 25 heavy (non-hydrogen) atoms. The van der Waals surface area contributed by atoms with Crippen molar-refractivity contribution in [1.82, 2.24) is 10.2 Å². The van der Waals surface area contributed by atoms with Crippen LogP contribution in [0.1, 0.15) is 11.1 Å². The molecule has 2 amide bonds. The Bertz CT molecular complexity index is 746. The number of benzene rings is 2. The zero-order valence-corrected chi connectivity index (χ0v) is 14.3. The van der Waals surface area contributed by atoms with Gasteiger partial charge < -0.3 is 19.7 Å². The highest BCUT2D eigenvalue weighted by molar-refractivity contribution is 5.75. The normalized spacial score (nSPS) is 16.9. The van der Waals surface area contributed by atoms with E-state index in [1.165, 1.54) is 11.1 Å². The molecule has 4 rings (SSSR count). The number of ether oxygens (including phenoxy) is 2. The number of fused-ring (bicyclic) bond motifs is 1. The lowest BCUT2D eigenvalue weighted by molar-refractivity contribution is 0.0434. The van der Waals surface area contributed by atoms with Crippen molar-refractivity contribution >= 4 is 6.03 Å². The number of likely N-dealkylation sites (tertiary alicyclic amines) is 1. The van der Waals surface area contributed by atoms with Crippen molar-refractivity contribution in [2.45, 2.75) is 25.0 Å². The van der Waals surface area contributed by atoms with Crippen LogP contribution in [0, 0.1) is 0 Å². The predicted molar refractivity (Wildman–Crippen MR) is 95.2 cm³/mol. The summed E-state index contributed by atoms with van der Waals surface area (Å²) in [5.41, 5.74) is 2.69. The molecule has 0 saturated carbocycles. The maximum absolute atomic E-state index is 12.4. The minimum atomic E-state index is 0.00305. The van der Waals surface area contributed by atoms with Gasteiger partial charge in [0.2, 0.25) is 0 Å². The third kappa shape index (κ3) is 3.40. The first-order chi connectivity index (χ1) is 12.2. The standard InChI is InChI=1S/C20H22N2O3/c1-24-17-7-4-8-18(11-17)25-19-12-22(13-19)20(23)21-16-9-14-5-2-3-6-15(14)10-16/h2-8,11,16,19H,9-10,12-13H2,1H3,(H,21,23). The fraction of sp³-hybridized carbons (Fsp3) is 0.350. The molecular weight excluding hydrogens is 316 g/mol. The monoisotopic (exact) mass is 338 g/mol. The first-order valence-corrected chi connectivity index (χ1v) is 8.64. The minimum Gasteiger partial charge on any atom is -0.497 e. The van der Waals surface area contributed by atoms with Gasteiger partial charge in [0, 0.05) is 12.1 Å². The molecule has 5 nitrogen and oxygen atoms in total. The van der Waals surface area contributed by atoms with Gasteiger partial charge in [0.25, 0.3) is 0 Å². The smallest absolute Gasteiger partial charge is 0.317 e. The van der Waals surface area contributed by atoms with Crippen molar-refractivity contribution < 1.29 is 14.3 Å². The molecule has 0 radical (unpaired) electrons. The molecule has 1 N–H and O–H groups in total. The second-order valence-electron chi connectivity index (χ2n) is 6.65. The molecule has 0 spiro atoms. The van der Waals surface area contributed by atoms with Crippen LogP contribution in [-0.2, 0) is 12.8 Å². The summed E-state index contributed by atoms with van der Waals surface area (Å²) in [4.78, 5) is 14.2. The van der Waals surface area contributed by atoms with Gasteiger partial charge in [-0.3, -0.25) is 0 Å². The average molecular weight is 338 g/mol. The Hall–Kier alpha value is -2.69. The van der Waals surface area contributed by atoms with E-state index in [1.54, 1.807) is 12.0 Å². The second kappa shape index (κ2) is 6.67. The van der Waals surface area contributed by atoms with E-state index in [0.29, 0.717) is 13.1 Å². The van der Waals surface area contributed by atoms with Crippen molar-refractivity contribution in [2.24, 2.45) is 0 Å². The Morgan fingerprint density at radius 2 is 1.72 bits per heavy atom. The minimum absolute atomic E-state index is 0.00305. The molecule has 0 bridgehead atoms. The number of carbonyl (C=O) groups is 1. The molecule has 1 aliphatic carbocycles. The lowest BCUT2D eigenvalue weighted by atomic mass is 10.1. The second-order valence-corrected chi connectivity index (χ2v) is 6.65. The summed E-state index contributed by atoms with van der Waals surface area (Å²) in [7, 11) is 1.63. The van der Waals surface area contributed by atoms with Gasteiger partial charge in [0.1, 0.15) is 17.6 Å². The summed E-state index contributed by atoms with van der Waals surface area (Å²) in [5.74, 6) is 1.54. The molecule has 1 aliphatic heterocycles. The van der Waals surface area contributed by atoms with E-state index in [2.05, 4.69) is 29.6 Å². The third-order valence-corrected chi connectivity index (χ3v) is 4.86. The molecule has 1 fully saturated rings. The van der Waals surface area contributed by atoms with Crippen LogP contribution in [0.2, 0.25) is 0 Å². The highest BCUT2D eigenvalue weighted by Crippen LogP contribution is 2.24. The quantitative estimate of drug-likeness (QED) is 0.932. The van der Waals surface area contributed by atoms with Crippen molar-refractivity contribution in [3.63, 3.8) is 0 Å². The largest absolute Gasteiger partial charge is 0.497 e. The number of methoxy groups -OCH3 is 1. The highest BCUT2D eigenvalue weighted by atomic mass is 16.5.